The highest BCUT2D eigenvalue weighted by molar-refractivity contribution is 7.84. The van der Waals surface area contributed by atoms with Gasteiger partial charge >= 0.3 is 6.09 Å². The molecule has 2 heterocycles. The molecule has 1 aliphatic rings. The minimum atomic E-state index is -1.23. The normalized spacial score (nSPS) is 17.2. The molecule has 7 heteroatoms. The topological polar surface area (TPSA) is 83.3 Å². The summed E-state index contributed by atoms with van der Waals surface area (Å²) in [6.45, 7) is 6.78. The van der Waals surface area contributed by atoms with Gasteiger partial charge in [-0.3, -0.25) is 4.21 Å². The molecule has 6 nitrogen and oxygen atoms in total. The van der Waals surface area contributed by atoms with Crippen molar-refractivity contribution in [3.63, 3.8) is 0 Å². The van der Waals surface area contributed by atoms with Gasteiger partial charge in [0, 0.05) is 25.0 Å². The highest BCUT2D eigenvalue weighted by Crippen LogP contribution is 2.22. The second-order valence-corrected chi connectivity index (χ2v) is 8.36. The maximum Gasteiger partial charge on any atom is 0.410 e. The summed E-state index contributed by atoms with van der Waals surface area (Å²) in [7, 11) is -1.23. The molecule has 1 unspecified atom stereocenters. The maximum atomic E-state index is 12.4. The van der Waals surface area contributed by atoms with Crippen LogP contribution in [-0.2, 0) is 15.5 Å². The van der Waals surface area contributed by atoms with E-state index in [1.54, 1.807) is 17.0 Å². The van der Waals surface area contributed by atoms with E-state index in [0.29, 0.717) is 29.4 Å². The molecule has 1 aromatic rings. The van der Waals surface area contributed by atoms with Crippen LogP contribution in [0.1, 0.15) is 39.2 Å². The van der Waals surface area contributed by atoms with Crippen LogP contribution in [0.4, 0.5) is 4.79 Å². The first-order valence-corrected chi connectivity index (χ1v) is 9.33. The average Bonchev–Trinajstić information content (AvgIpc) is 2.54. The number of carbonyl (C=O) groups is 1. The molecular formula is C17H23N3O3S. The lowest BCUT2D eigenvalue weighted by Crippen LogP contribution is -2.42. The van der Waals surface area contributed by atoms with Gasteiger partial charge in [-0.15, -0.1) is 0 Å². The third-order valence-electron chi connectivity index (χ3n) is 3.75. The summed E-state index contributed by atoms with van der Waals surface area (Å²) in [5.74, 6) is 0.779. The largest absolute Gasteiger partial charge is 0.444 e. The molecule has 0 aliphatic carbocycles. The predicted molar refractivity (Wildman–Crippen MR) is 90.8 cm³/mol. The van der Waals surface area contributed by atoms with Gasteiger partial charge in [-0.2, -0.15) is 5.26 Å². The minimum absolute atomic E-state index is 0.275. The molecule has 2 rings (SSSR count). The standard InChI is InChI=1S/C17H23N3O3S/c1-17(2,3)23-16(21)20-8-5-13(6-9-20)12-24(22)15-10-14(11-18)4-7-19-15/h4,7,10,13H,5-6,8-9,12H2,1-3H3. The molecule has 0 spiro atoms. The molecule has 24 heavy (non-hydrogen) atoms. The monoisotopic (exact) mass is 349 g/mol. The fourth-order valence-electron chi connectivity index (χ4n) is 2.51. The van der Waals surface area contributed by atoms with E-state index in [1.165, 1.54) is 6.20 Å². The first-order valence-electron chi connectivity index (χ1n) is 8.01. The van der Waals surface area contributed by atoms with Gasteiger partial charge in [0.25, 0.3) is 0 Å². The Morgan fingerprint density at radius 1 is 1.46 bits per heavy atom. The Bertz CT molecular complexity index is 656. The van der Waals surface area contributed by atoms with E-state index >= 15 is 0 Å². The summed E-state index contributed by atoms with van der Waals surface area (Å²) in [6.07, 6.45) is 2.81. The van der Waals surface area contributed by atoms with Crippen molar-refractivity contribution in [1.82, 2.24) is 9.88 Å². The molecule has 1 amide bonds. The van der Waals surface area contributed by atoms with E-state index in [4.69, 9.17) is 10.00 Å². The first kappa shape index (κ1) is 18.4. The van der Waals surface area contributed by atoms with Crippen molar-refractivity contribution >= 4 is 16.9 Å². The lowest BCUT2D eigenvalue weighted by Gasteiger charge is -2.33. The van der Waals surface area contributed by atoms with Crippen molar-refractivity contribution < 1.29 is 13.7 Å². The maximum absolute atomic E-state index is 12.4. The lowest BCUT2D eigenvalue weighted by molar-refractivity contribution is 0.0191. The van der Waals surface area contributed by atoms with Gasteiger partial charge in [0.05, 0.1) is 22.4 Å². The number of carbonyl (C=O) groups excluding carboxylic acids is 1. The van der Waals surface area contributed by atoms with Gasteiger partial charge in [-0.25, -0.2) is 9.78 Å². The number of hydrogen-bond donors (Lipinski definition) is 0. The number of pyridine rings is 1. The lowest BCUT2D eigenvalue weighted by atomic mass is 9.99. The quantitative estimate of drug-likeness (QED) is 0.838. The molecule has 1 aliphatic heterocycles. The van der Waals surface area contributed by atoms with Crippen LogP contribution < -0.4 is 0 Å². The van der Waals surface area contributed by atoms with Crippen LogP contribution in [0.3, 0.4) is 0 Å². The summed E-state index contributed by atoms with van der Waals surface area (Å²) < 4.78 is 17.8. The molecule has 1 fully saturated rings. The minimum Gasteiger partial charge on any atom is -0.444 e. The molecule has 130 valence electrons. The van der Waals surface area contributed by atoms with Crippen molar-refractivity contribution in [1.29, 1.82) is 5.26 Å². The Morgan fingerprint density at radius 2 is 2.12 bits per heavy atom. The third-order valence-corrected chi connectivity index (χ3v) is 5.21. The van der Waals surface area contributed by atoms with Crippen molar-refractivity contribution in [2.75, 3.05) is 18.8 Å². The highest BCUT2D eigenvalue weighted by atomic mass is 32.2. The smallest absolute Gasteiger partial charge is 0.410 e. The number of nitriles is 1. The number of likely N-dealkylation sites (tertiary alicyclic amines) is 1. The summed E-state index contributed by atoms with van der Waals surface area (Å²) in [5, 5.41) is 9.35. The molecule has 0 saturated carbocycles. The van der Waals surface area contributed by atoms with Crippen LogP contribution in [-0.4, -0.2) is 44.6 Å². The molecule has 0 aromatic carbocycles. The number of ether oxygens (including phenoxy) is 1. The zero-order valence-electron chi connectivity index (χ0n) is 14.3. The Morgan fingerprint density at radius 3 is 2.71 bits per heavy atom. The fraction of sp³-hybridized carbons (Fsp3) is 0.588. The van der Waals surface area contributed by atoms with Gasteiger partial charge in [-0.05, 0) is 51.7 Å². The molecule has 1 saturated heterocycles. The zero-order chi connectivity index (χ0) is 17.7. The molecular weight excluding hydrogens is 326 g/mol. The highest BCUT2D eigenvalue weighted by Gasteiger charge is 2.27. The van der Waals surface area contributed by atoms with Gasteiger partial charge in [0.2, 0.25) is 0 Å². The van der Waals surface area contributed by atoms with E-state index in [9.17, 15) is 9.00 Å². The van der Waals surface area contributed by atoms with Crippen molar-refractivity contribution in [2.45, 2.75) is 44.2 Å². The van der Waals surface area contributed by atoms with Gasteiger partial charge in [-0.1, -0.05) is 0 Å². The Kier molecular flexibility index (Phi) is 5.94. The second-order valence-electron chi connectivity index (χ2n) is 6.92. The van der Waals surface area contributed by atoms with Gasteiger partial charge < -0.3 is 9.64 Å². The van der Waals surface area contributed by atoms with Crippen molar-refractivity contribution in [2.24, 2.45) is 5.92 Å². The Labute approximate surface area is 145 Å². The number of aromatic nitrogens is 1. The number of rotatable bonds is 3. The van der Waals surface area contributed by atoms with E-state index in [0.717, 1.165) is 12.8 Å². The summed E-state index contributed by atoms with van der Waals surface area (Å²) in [6, 6.07) is 5.20. The average molecular weight is 349 g/mol. The first-order chi connectivity index (χ1) is 11.3. The molecule has 0 bridgehead atoms. The Hall–Kier alpha value is -1.94. The summed E-state index contributed by atoms with van der Waals surface area (Å²) >= 11 is 0. The number of hydrogen-bond acceptors (Lipinski definition) is 5. The van der Waals surface area contributed by atoms with Crippen LogP contribution in [0.5, 0.6) is 0 Å². The molecule has 0 radical (unpaired) electrons. The zero-order valence-corrected chi connectivity index (χ0v) is 15.1. The SMILES string of the molecule is CC(C)(C)OC(=O)N1CCC(CS(=O)c2cc(C#N)ccn2)CC1. The fourth-order valence-corrected chi connectivity index (χ4v) is 3.88. The second kappa shape index (κ2) is 7.75. The predicted octanol–water partition coefficient (Wildman–Crippen LogP) is 2.71. The van der Waals surface area contributed by atoms with E-state index in [1.807, 2.05) is 26.8 Å². The molecule has 1 atom stereocenters. The molecule has 1 aromatic heterocycles. The van der Waals surface area contributed by atoms with Crippen LogP contribution >= 0.6 is 0 Å². The van der Waals surface area contributed by atoms with Crippen molar-refractivity contribution in [3.05, 3.63) is 23.9 Å². The number of amides is 1. The number of piperidine rings is 1. The summed E-state index contributed by atoms with van der Waals surface area (Å²) in [4.78, 5) is 17.8. The van der Waals surface area contributed by atoms with E-state index < -0.39 is 16.4 Å². The Balaban J connectivity index is 1.85. The van der Waals surface area contributed by atoms with Gasteiger partial charge in [0.15, 0.2) is 0 Å². The molecule has 0 N–H and O–H groups in total. The summed E-state index contributed by atoms with van der Waals surface area (Å²) in [5.41, 5.74) is -0.0274. The number of nitrogens with zero attached hydrogens (tertiary/aromatic N) is 3. The van der Waals surface area contributed by atoms with Crippen LogP contribution in [0.2, 0.25) is 0 Å². The van der Waals surface area contributed by atoms with Crippen LogP contribution in [0.15, 0.2) is 23.4 Å². The third kappa shape index (κ3) is 5.31. The van der Waals surface area contributed by atoms with Gasteiger partial charge in [0.1, 0.15) is 10.6 Å². The van der Waals surface area contributed by atoms with Crippen LogP contribution in [0, 0.1) is 17.2 Å². The van der Waals surface area contributed by atoms with E-state index in [-0.39, 0.29) is 12.0 Å². The van der Waals surface area contributed by atoms with Crippen molar-refractivity contribution in [3.8, 4) is 6.07 Å². The van der Waals surface area contributed by atoms with Crippen LogP contribution in [0.25, 0.3) is 0 Å². The van der Waals surface area contributed by atoms with E-state index in [2.05, 4.69) is 4.98 Å².